The SMILES string of the molecule is CCNC(=NCc1ccc(CN2CCCCC2)cc1)NCCCCOCCOC.I. The molecular weight excluding hydrogens is 491 g/mol. The third-order valence-electron chi connectivity index (χ3n) is 5.08. The molecule has 0 bridgehead atoms. The lowest BCUT2D eigenvalue weighted by Gasteiger charge is -2.26. The summed E-state index contributed by atoms with van der Waals surface area (Å²) in [6.45, 7) is 10.2. The van der Waals surface area contributed by atoms with E-state index in [-0.39, 0.29) is 24.0 Å². The number of guanidine groups is 1. The maximum Gasteiger partial charge on any atom is 0.191 e. The third kappa shape index (κ3) is 12.1. The Labute approximate surface area is 200 Å². The summed E-state index contributed by atoms with van der Waals surface area (Å²) in [7, 11) is 1.69. The van der Waals surface area contributed by atoms with Crippen LogP contribution in [-0.4, -0.2) is 64.0 Å². The second-order valence-corrected chi connectivity index (χ2v) is 7.59. The fourth-order valence-corrected chi connectivity index (χ4v) is 3.42. The Hall–Kier alpha value is -0.900. The van der Waals surface area contributed by atoms with Crippen molar-refractivity contribution in [3.05, 3.63) is 35.4 Å². The van der Waals surface area contributed by atoms with Gasteiger partial charge in [-0.15, -0.1) is 24.0 Å². The Bertz CT molecular complexity index is 563. The van der Waals surface area contributed by atoms with Crippen molar-refractivity contribution in [2.75, 3.05) is 53.1 Å². The van der Waals surface area contributed by atoms with E-state index in [0.717, 1.165) is 45.0 Å². The minimum absolute atomic E-state index is 0. The number of piperidine rings is 1. The lowest BCUT2D eigenvalue weighted by atomic mass is 10.1. The molecule has 1 aromatic rings. The molecular formula is C23H41IN4O2. The van der Waals surface area contributed by atoms with Gasteiger partial charge in [0.1, 0.15) is 0 Å². The largest absolute Gasteiger partial charge is 0.382 e. The molecule has 0 radical (unpaired) electrons. The van der Waals surface area contributed by atoms with Crippen LogP contribution in [0.1, 0.15) is 50.2 Å². The second kappa shape index (κ2) is 17.7. The van der Waals surface area contributed by atoms with Crippen molar-refractivity contribution >= 4 is 29.9 Å². The number of aliphatic imine (C=N–C) groups is 1. The number of nitrogens with zero attached hydrogens (tertiary/aromatic N) is 2. The van der Waals surface area contributed by atoms with Gasteiger partial charge in [0, 0.05) is 33.4 Å². The molecule has 1 aromatic carbocycles. The van der Waals surface area contributed by atoms with Crippen molar-refractivity contribution in [1.82, 2.24) is 15.5 Å². The molecule has 0 atom stereocenters. The molecule has 0 aliphatic carbocycles. The van der Waals surface area contributed by atoms with E-state index in [4.69, 9.17) is 14.5 Å². The van der Waals surface area contributed by atoms with Gasteiger partial charge in [-0.1, -0.05) is 30.7 Å². The highest BCUT2D eigenvalue weighted by molar-refractivity contribution is 14.0. The number of methoxy groups -OCH3 is 1. The lowest BCUT2D eigenvalue weighted by Crippen LogP contribution is -2.37. The molecule has 0 unspecified atom stereocenters. The molecule has 1 fully saturated rings. The van der Waals surface area contributed by atoms with Gasteiger partial charge < -0.3 is 20.1 Å². The molecule has 2 N–H and O–H groups in total. The molecule has 1 heterocycles. The maximum atomic E-state index is 5.49. The molecule has 30 heavy (non-hydrogen) atoms. The molecule has 1 aliphatic rings. The Morgan fingerprint density at radius 3 is 2.40 bits per heavy atom. The van der Waals surface area contributed by atoms with E-state index in [1.807, 2.05) is 0 Å². The number of nitrogens with one attached hydrogen (secondary N) is 2. The second-order valence-electron chi connectivity index (χ2n) is 7.59. The topological polar surface area (TPSA) is 58.1 Å². The molecule has 6 nitrogen and oxygen atoms in total. The first-order valence-electron chi connectivity index (χ1n) is 11.2. The first kappa shape index (κ1) is 27.1. The molecule has 2 rings (SSSR count). The van der Waals surface area contributed by atoms with Gasteiger partial charge in [-0.3, -0.25) is 4.90 Å². The molecule has 7 heteroatoms. The van der Waals surface area contributed by atoms with E-state index in [1.54, 1.807) is 7.11 Å². The van der Waals surface area contributed by atoms with Crippen LogP contribution in [0, 0.1) is 0 Å². The van der Waals surface area contributed by atoms with E-state index in [1.165, 1.54) is 43.5 Å². The monoisotopic (exact) mass is 532 g/mol. The summed E-state index contributed by atoms with van der Waals surface area (Å²) in [5, 5.41) is 6.73. The smallest absolute Gasteiger partial charge is 0.191 e. The van der Waals surface area contributed by atoms with E-state index in [9.17, 15) is 0 Å². The van der Waals surface area contributed by atoms with Crippen LogP contribution in [-0.2, 0) is 22.6 Å². The van der Waals surface area contributed by atoms with Gasteiger partial charge in [-0.2, -0.15) is 0 Å². The molecule has 1 saturated heterocycles. The Morgan fingerprint density at radius 1 is 0.967 bits per heavy atom. The normalized spacial score (nSPS) is 14.9. The fraction of sp³-hybridized carbons (Fsp3) is 0.696. The maximum absolute atomic E-state index is 5.49. The molecule has 0 saturated carbocycles. The summed E-state index contributed by atoms with van der Waals surface area (Å²) in [5.74, 6) is 0.880. The number of halogens is 1. The summed E-state index contributed by atoms with van der Waals surface area (Å²) >= 11 is 0. The summed E-state index contributed by atoms with van der Waals surface area (Å²) in [5.41, 5.74) is 2.65. The molecule has 1 aliphatic heterocycles. The van der Waals surface area contributed by atoms with Crippen molar-refractivity contribution in [3.8, 4) is 0 Å². The van der Waals surface area contributed by atoms with Gasteiger partial charge in [0.25, 0.3) is 0 Å². The van der Waals surface area contributed by atoms with Crippen molar-refractivity contribution in [1.29, 1.82) is 0 Å². The summed E-state index contributed by atoms with van der Waals surface area (Å²) < 4.78 is 10.5. The molecule has 0 aromatic heterocycles. The van der Waals surface area contributed by atoms with Crippen molar-refractivity contribution in [2.45, 2.75) is 52.1 Å². The zero-order valence-corrected chi connectivity index (χ0v) is 21.2. The van der Waals surface area contributed by atoms with Crippen LogP contribution >= 0.6 is 24.0 Å². The first-order chi connectivity index (χ1) is 14.3. The van der Waals surface area contributed by atoms with Gasteiger partial charge in [0.05, 0.1) is 19.8 Å². The number of likely N-dealkylation sites (tertiary alicyclic amines) is 1. The first-order valence-corrected chi connectivity index (χ1v) is 11.2. The molecule has 172 valence electrons. The van der Waals surface area contributed by atoms with Crippen molar-refractivity contribution < 1.29 is 9.47 Å². The van der Waals surface area contributed by atoms with Crippen LogP contribution in [0.2, 0.25) is 0 Å². The van der Waals surface area contributed by atoms with Crippen LogP contribution < -0.4 is 10.6 Å². The Balaban J connectivity index is 0.00000450. The highest BCUT2D eigenvalue weighted by atomic mass is 127. The van der Waals surface area contributed by atoms with Crippen LogP contribution in [0.3, 0.4) is 0 Å². The number of benzene rings is 1. The summed E-state index contributed by atoms with van der Waals surface area (Å²) in [6, 6.07) is 8.93. The van der Waals surface area contributed by atoms with E-state index >= 15 is 0 Å². The zero-order valence-electron chi connectivity index (χ0n) is 18.8. The summed E-state index contributed by atoms with van der Waals surface area (Å²) in [6.07, 6.45) is 6.16. The van der Waals surface area contributed by atoms with Crippen LogP contribution in [0.15, 0.2) is 29.3 Å². The zero-order chi connectivity index (χ0) is 20.6. The van der Waals surface area contributed by atoms with Gasteiger partial charge in [0.2, 0.25) is 0 Å². The quantitative estimate of drug-likeness (QED) is 0.175. The predicted molar refractivity (Wildman–Crippen MR) is 136 cm³/mol. The average Bonchev–Trinajstić information content (AvgIpc) is 2.75. The number of hydrogen-bond acceptors (Lipinski definition) is 4. The van der Waals surface area contributed by atoms with E-state index in [2.05, 4.69) is 46.7 Å². The van der Waals surface area contributed by atoms with Gasteiger partial charge in [-0.25, -0.2) is 4.99 Å². The minimum Gasteiger partial charge on any atom is -0.382 e. The number of rotatable bonds is 13. The average molecular weight is 533 g/mol. The Morgan fingerprint density at radius 2 is 1.70 bits per heavy atom. The van der Waals surface area contributed by atoms with Gasteiger partial charge in [-0.05, 0) is 56.8 Å². The number of unbranched alkanes of at least 4 members (excludes halogenated alkanes) is 1. The molecule has 0 amide bonds. The van der Waals surface area contributed by atoms with Crippen molar-refractivity contribution in [3.63, 3.8) is 0 Å². The minimum atomic E-state index is 0. The van der Waals surface area contributed by atoms with Crippen molar-refractivity contribution in [2.24, 2.45) is 4.99 Å². The van der Waals surface area contributed by atoms with Gasteiger partial charge >= 0.3 is 0 Å². The summed E-state index contributed by atoms with van der Waals surface area (Å²) in [4.78, 5) is 7.29. The van der Waals surface area contributed by atoms with Gasteiger partial charge in [0.15, 0.2) is 5.96 Å². The van der Waals surface area contributed by atoms with Crippen LogP contribution in [0.4, 0.5) is 0 Å². The van der Waals surface area contributed by atoms with Crippen LogP contribution in [0.5, 0.6) is 0 Å². The standard InChI is InChI=1S/C23H40N4O2.HI/c1-3-24-23(25-13-5-8-16-29-18-17-28-2)26-19-21-9-11-22(12-10-21)20-27-14-6-4-7-15-27;/h9-12H,3-8,13-20H2,1-2H3,(H2,24,25,26);1H. The third-order valence-corrected chi connectivity index (χ3v) is 5.08. The lowest BCUT2D eigenvalue weighted by molar-refractivity contribution is 0.0689. The van der Waals surface area contributed by atoms with E-state index < -0.39 is 0 Å². The number of hydrogen-bond donors (Lipinski definition) is 2. The number of ether oxygens (including phenoxy) is 2. The van der Waals surface area contributed by atoms with Crippen LogP contribution in [0.25, 0.3) is 0 Å². The highest BCUT2D eigenvalue weighted by Crippen LogP contribution is 2.14. The Kier molecular flexibility index (Phi) is 16.1. The molecule has 0 spiro atoms. The highest BCUT2D eigenvalue weighted by Gasteiger charge is 2.10. The fourth-order valence-electron chi connectivity index (χ4n) is 3.42. The van der Waals surface area contributed by atoms with E-state index in [0.29, 0.717) is 19.8 Å². The predicted octanol–water partition coefficient (Wildman–Crippen LogP) is 3.79.